The molecular formula is C14H17IN4O. The van der Waals surface area contributed by atoms with E-state index in [1.807, 2.05) is 36.0 Å². The first kappa shape index (κ1) is 14.8. The largest absolute Gasteiger partial charge is 0.398 e. The summed E-state index contributed by atoms with van der Waals surface area (Å²) in [5.41, 5.74) is 8.19. The number of aryl methyl sites for hydroxylation is 1. The number of anilines is 2. The summed E-state index contributed by atoms with van der Waals surface area (Å²) in [7, 11) is 0. The van der Waals surface area contributed by atoms with Crippen LogP contribution in [0.25, 0.3) is 0 Å². The Morgan fingerprint density at radius 3 is 3.00 bits per heavy atom. The van der Waals surface area contributed by atoms with Crippen LogP contribution >= 0.6 is 22.6 Å². The first-order chi connectivity index (χ1) is 9.56. The molecule has 0 aliphatic carbocycles. The van der Waals surface area contributed by atoms with E-state index in [1.165, 1.54) is 0 Å². The number of nitrogens with one attached hydrogen (secondary N) is 1. The minimum Gasteiger partial charge on any atom is -0.398 e. The van der Waals surface area contributed by atoms with E-state index >= 15 is 0 Å². The van der Waals surface area contributed by atoms with Crippen LogP contribution in [0.1, 0.15) is 18.4 Å². The van der Waals surface area contributed by atoms with Crippen LogP contribution < -0.4 is 11.1 Å². The summed E-state index contributed by atoms with van der Waals surface area (Å²) in [6, 6.07) is 5.52. The molecule has 0 unspecified atom stereocenters. The van der Waals surface area contributed by atoms with Gasteiger partial charge in [0.1, 0.15) is 0 Å². The highest BCUT2D eigenvalue weighted by Crippen LogP contribution is 2.20. The molecule has 6 heteroatoms. The van der Waals surface area contributed by atoms with Gasteiger partial charge >= 0.3 is 0 Å². The van der Waals surface area contributed by atoms with Gasteiger partial charge in [-0.3, -0.25) is 9.48 Å². The third-order valence-corrected chi connectivity index (χ3v) is 3.60. The van der Waals surface area contributed by atoms with Crippen molar-refractivity contribution in [3.05, 3.63) is 39.7 Å². The maximum Gasteiger partial charge on any atom is 0.224 e. The zero-order valence-corrected chi connectivity index (χ0v) is 13.4. The fraction of sp³-hybridized carbons (Fsp3) is 0.286. The standard InChI is InChI=1S/C14H17IN4O/c1-10-12(16)4-2-5-13(10)18-14(20)6-3-7-19-9-11(15)8-17-19/h2,4-5,8-9H,3,6-7,16H2,1H3,(H,18,20). The molecule has 5 nitrogen and oxygen atoms in total. The number of carbonyl (C=O) groups is 1. The van der Waals surface area contributed by atoms with Gasteiger partial charge in [0.05, 0.1) is 9.77 Å². The van der Waals surface area contributed by atoms with Crippen LogP contribution in [0.2, 0.25) is 0 Å². The molecular weight excluding hydrogens is 367 g/mol. The predicted octanol–water partition coefficient (Wildman–Crippen LogP) is 2.80. The molecule has 3 N–H and O–H groups in total. The van der Waals surface area contributed by atoms with Crippen molar-refractivity contribution in [2.75, 3.05) is 11.1 Å². The van der Waals surface area contributed by atoms with Crippen LogP contribution in [0.5, 0.6) is 0 Å². The molecule has 0 saturated heterocycles. The lowest BCUT2D eigenvalue weighted by molar-refractivity contribution is -0.116. The van der Waals surface area contributed by atoms with E-state index in [4.69, 9.17) is 5.73 Å². The van der Waals surface area contributed by atoms with Crippen LogP contribution in [-0.2, 0) is 11.3 Å². The Labute approximate surface area is 131 Å². The zero-order chi connectivity index (χ0) is 14.5. The summed E-state index contributed by atoms with van der Waals surface area (Å²) in [6.45, 7) is 2.64. The molecule has 20 heavy (non-hydrogen) atoms. The highest BCUT2D eigenvalue weighted by molar-refractivity contribution is 14.1. The molecule has 1 amide bonds. The molecule has 0 aliphatic rings. The average molecular weight is 384 g/mol. The molecule has 106 valence electrons. The lowest BCUT2D eigenvalue weighted by atomic mass is 10.1. The Hall–Kier alpha value is -1.57. The van der Waals surface area contributed by atoms with Gasteiger partial charge in [-0.05, 0) is 53.6 Å². The smallest absolute Gasteiger partial charge is 0.224 e. The molecule has 0 bridgehead atoms. The molecule has 0 atom stereocenters. The van der Waals surface area contributed by atoms with Crippen molar-refractivity contribution in [2.24, 2.45) is 0 Å². The second-order valence-corrected chi connectivity index (χ2v) is 5.84. The molecule has 2 aromatic rings. The van der Waals surface area contributed by atoms with Gasteiger partial charge in [0.2, 0.25) is 5.91 Å². The maximum absolute atomic E-state index is 11.9. The Bertz CT molecular complexity index is 609. The normalized spacial score (nSPS) is 10.5. The van der Waals surface area contributed by atoms with E-state index in [-0.39, 0.29) is 5.91 Å². The summed E-state index contributed by atoms with van der Waals surface area (Å²) in [5, 5.41) is 7.08. The van der Waals surface area contributed by atoms with Crippen LogP contribution in [0, 0.1) is 10.5 Å². The number of halogens is 1. The lowest BCUT2D eigenvalue weighted by Gasteiger charge is -2.10. The second-order valence-electron chi connectivity index (χ2n) is 4.59. The molecule has 0 spiro atoms. The number of amides is 1. The van der Waals surface area contributed by atoms with E-state index in [0.29, 0.717) is 12.1 Å². The first-order valence-electron chi connectivity index (χ1n) is 6.39. The Morgan fingerprint density at radius 2 is 2.30 bits per heavy atom. The molecule has 1 aromatic heterocycles. The van der Waals surface area contributed by atoms with E-state index in [0.717, 1.165) is 27.8 Å². The fourth-order valence-electron chi connectivity index (χ4n) is 1.86. The monoisotopic (exact) mass is 384 g/mol. The van der Waals surface area contributed by atoms with Crippen molar-refractivity contribution in [2.45, 2.75) is 26.3 Å². The van der Waals surface area contributed by atoms with Crippen LogP contribution in [-0.4, -0.2) is 15.7 Å². The Morgan fingerprint density at radius 1 is 1.50 bits per heavy atom. The number of hydrogen-bond donors (Lipinski definition) is 2. The predicted molar refractivity (Wildman–Crippen MR) is 88.4 cm³/mol. The number of benzene rings is 1. The Kier molecular flexibility index (Phi) is 4.99. The molecule has 1 heterocycles. The second kappa shape index (κ2) is 6.74. The van der Waals surface area contributed by atoms with Gasteiger partial charge in [-0.2, -0.15) is 5.10 Å². The molecule has 2 rings (SSSR count). The van der Waals surface area contributed by atoms with Crippen LogP contribution in [0.4, 0.5) is 11.4 Å². The van der Waals surface area contributed by atoms with Gasteiger partial charge in [-0.15, -0.1) is 0 Å². The quantitative estimate of drug-likeness (QED) is 0.615. The summed E-state index contributed by atoms with van der Waals surface area (Å²) < 4.78 is 2.95. The summed E-state index contributed by atoms with van der Waals surface area (Å²) in [6.07, 6.45) is 4.98. The SMILES string of the molecule is Cc1c(N)cccc1NC(=O)CCCn1cc(I)cn1. The van der Waals surface area contributed by atoms with Gasteiger partial charge in [0.25, 0.3) is 0 Å². The first-order valence-corrected chi connectivity index (χ1v) is 7.47. The van der Waals surface area contributed by atoms with Crippen molar-refractivity contribution >= 4 is 39.9 Å². The number of nitrogens with zero attached hydrogens (tertiary/aromatic N) is 2. The lowest BCUT2D eigenvalue weighted by Crippen LogP contribution is -2.13. The number of nitrogens with two attached hydrogens (primary N) is 1. The van der Waals surface area contributed by atoms with Crippen LogP contribution in [0.3, 0.4) is 0 Å². The van der Waals surface area contributed by atoms with Crippen molar-refractivity contribution in [3.63, 3.8) is 0 Å². The zero-order valence-electron chi connectivity index (χ0n) is 11.3. The number of hydrogen-bond acceptors (Lipinski definition) is 3. The summed E-state index contributed by atoms with van der Waals surface area (Å²) in [5.74, 6) is 0.000512. The van der Waals surface area contributed by atoms with Gasteiger partial charge in [0, 0.05) is 30.5 Å². The van der Waals surface area contributed by atoms with Gasteiger partial charge < -0.3 is 11.1 Å². The summed E-state index contributed by atoms with van der Waals surface area (Å²) in [4.78, 5) is 11.9. The van der Waals surface area contributed by atoms with E-state index < -0.39 is 0 Å². The highest BCUT2D eigenvalue weighted by Gasteiger charge is 2.06. The highest BCUT2D eigenvalue weighted by atomic mass is 127. The average Bonchev–Trinajstić information content (AvgIpc) is 2.81. The molecule has 0 aliphatic heterocycles. The maximum atomic E-state index is 11.9. The van der Waals surface area contributed by atoms with E-state index in [2.05, 4.69) is 33.0 Å². The fourth-order valence-corrected chi connectivity index (χ4v) is 2.31. The topological polar surface area (TPSA) is 72.9 Å². The third-order valence-electron chi connectivity index (χ3n) is 3.04. The minimum absolute atomic E-state index is 0.000512. The third kappa shape index (κ3) is 3.96. The molecule has 0 saturated carbocycles. The van der Waals surface area contributed by atoms with Gasteiger partial charge in [-0.1, -0.05) is 6.07 Å². The van der Waals surface area contributed by atoms with Gasteiger partial charge in [0.15, 0.2) is 0 Å². The number of aromatic nitrogens is 2. The molecule has 0 fully saturated rings. The van der Waals surface area contributed by atoms with Crippen molar-refractivity contribution in [3.8, 4) is 0 Å². The van der Waals surface area contributed by atoms with Crippen LogP contribution in [0.15, 0.2) is 30.6 Å². The number of nitrogen functional groups attached to an aromatic ring is 1. The van der Waals surface area contributed by atoms with Crippen molar-refractivity contribution in [1.29, 1.82) is 0 Å². The van der Waals surface area contributed by atoms with E-state index in [9.17, 15) is 4.79 Å². The number of rotatable bonds is 5. The molecule has 1 aromatic carbocycles. The van der Waals surface area contributed by atoms with Crippen molar-refractivity contribution in [1.82, 2.24) is 9.78 Å². The van der Waals surface area contributed by atoms with E-state index in [1.54, 1.807) is 6.20 Å². The van der Waals surface area contributed by atoms with Gasteiger partial charge in [-0.25, -0.2) is 0 Å². The Balaban J connectivity index is 1.82. The van der Waals surface area contributed by atoms with Crippen molar-refractivity contribution < 1.29 is 4.79 Å². The summed E-state index contributed by atoms with van der Waals surface area (Å²) >= 11 is 2.21. The number of carbonyl (C=O) groups excluding carboxylic acids is 1. The minimum atomic E-state index is 0.000512. The molecule has 0 radical (unpaired) electrons.